The zero-order valence-electron chi connectivity index (χ0n) is 11.4. The molecule has 0 bridgehead atoms. The van der Waals surface area contributed by atoms with Crippen molar-refractivity contribution >= 4 is 21.8 Å². The van der Waals surface area contributed by atoms with Crippen molar-refractivity contribution in [3.05, 3.63) is 41.1 Å². The molecule has 7 nitrogen and oxygen atoms in total. The van der Waals surface area contributed by atoms with Gasteiger partial charge in [-0.1, -0.05) is 12.1 Å². The van der Waals surface area contributed by atoms with Crippen molar-refractivity contribution in [2.45, 2.75) is 24.3 Å². The van der Waals surface area contributed by atoms with Gasteiger partial charge in [-0.3, -0.25) is 9.55 Å². The fourth-order valence-electron chi connectivity index (χ4n) is 2.20. The van der Waals surface area contributed by atoms with E-state index < -0.39 is 21.6 Å². The first-order valence-corrected chi connectivity index (χ1v) is 7.40. The number of carbonyl (C=O) groups is 1. The topological polar surface area (TPSA) is 130 Å². The molecule has 21 heavy (non-hydrogen) atoms. The highest BCUT2D eigenvalue weighted by atomic mass is 32.2. The molecule has 1 atom stereocenters. The van der Waals surface area contributed by atoms with Gasteiger partial charge in [0.2, 0.25) is 0 Å². The maximum Gasteiger partial charge on any atom is 0.356 e. The van der Waals surface area contributed by atoms with Gasteiger partial charge in [0, 0.05) is 0 Å². The van der Waals surface area contributed by atoms with E-state index in [-0.39, 0.29) is 16.3 Å². The fourth-order valence-corrected chi connectivity index (χ4v) is 2.68. The first-order chi connectivity index (χ1) is 9.57. The minimum Gasteiger partial charge on any atom is -0.476 e. The molecule has 0 amide bonds. The summed E-state index contributed by atoms with van der Waals surface area (Å²) in [4.78, 5) is 15.0. The average molecular weight is 310 g/mol. The molecule has 0 saturated carbocycles. The standard InChI is InChI=1S/C13H14N2O5S/c1-7-10(14)11(12(16)17)15-13(7,2)8-3-5-9(6-4-8)21(18,19)20/h3-6H,14H2,1-2H3,(H,16,17)(H,18,19,20). The van der Waals surface area contributed by atoms with Crippen LogP contribution in [0.4, 0.5) is 0 Å². The zero-order valence-corrected chi connectivity index (χ0v) is 12.2. The number of nitrogens with zero attached hydrogens (tertiary/aromatic N) is 1. The van der Waals surface area contributed by atoms with Crippen LogP contribution in [0, 0.1) is 0 Å². The normalized spacial score (nSPS) is 22.3. The van der Waals surface area contributed by atoms with Crippen molar-refractivity contribution in [3.63, 3.8) is 0 Å². The van der Waals surface area contributed by atoms with Crippen LogP contribution in [-0.2, 0) is 20.5 Å². The van der Waals surface area contributed by atoms with Crippen LogP contribution in [0.25, 0.3) is 0 Å². The third kappa shape index (κ3) is 2.43. The van der Waals surface area contributed by atoms with Gasteiger partial charge in [-0.15, -0.1) is 0 Å². The lowest BCUT2D eigenvalue weighted by molar-refractivity contribution is -0.129. The number of aliphatic carboxylic acids is 1. The summed E-state index contributed by atoms with van der Waals surface area (Å²) in [6.07, 6.45) is 0. The summed E-state index contributed by atoms with van der Waals surface area (Å²) in [6.45, 7) is 3.36. The fraction of sp³-hybridized carbons (Fsp3) is 0.231. The maximum absolute atomic E-state index is 11.1. The van der Waals surface area contributed by atoms with Crippen molar-refractivity contribution in [1.29, 1.82) is 0 Å². The van der Waals surface area contributed by atoms with Crippen LogP contribution in [0.2, 0.25) is 0 Å². The van der Waals surface area contributed by atoms with Crippen LogP contribution >= 0.6 is 0 Å². The molecule has 0 radical (unpaired) electrons. The Labute approximate surface area is 121 Å². The van der Waals surface area contributed by atoms with Crippen LogP contribution in [0.1, 0.15) is 19.4 Å². The molecular formula is C13H14N2O5S. The van der Waals surface area contributed by atoms with E-state index in [9.17, 15) is 13.2 Å². The van der Waals surface area contributed by atoms with Crippen LogP contribution in [0.5, 0.6) is 0 Å². The van der Waals surface area contributed by atoms with E-state index in [1.54, 1.807) is 13.8 Å². The third-order valence-electron chi connectivity index (χ3n) is 3.64. The van der Waals surface area contributed by atoms with Gasteiger partial charge in [-0.2, -0.15) is 8.42 Å². The number of rotatable bonds is 3. The number of carboxylic acids is 1. The van der Waals surface area contributed by atoms with Gasteiger partial charge in [0.1, 0.15) is 5.54 Å². The summed E-state index contributed by atoms with van der Waals surface area (Å²) < 4.78 is 31.0. The maximum atomic E-state index is 11.1. The Morgan fingerprint density at radius 2 is 1.81 bits per heavy atom. The minimum absolute atomic E-state index is 0.101. The van der Waals surface area contributed by atoms with Gasteiger partial charge >= 0.3 is 5.97 Å². The van der Waals surface area contributed by atoms with Crippen molar-refractivity contribution in [1.82, 2.24) is 0 Å². The minimum atomic E-state index is -4.28. The molecule has 1 aromatic rings. The second-order valence-corrected chi connectivity index (χ2v) is 6.30. The van der Waals surface area contributed by atoms with Crippen LogP contribution in [-0.4, -0.2) is 29.8 Å². The van der Waals surface area contributed by atoms with Crippen LogP contribution in [0.3, 0.4) is 0 Å². The van der Waals surface area contributed by atoms with Gasteiger partial charge in [-0.05, 0) is 37.1 Å². The van der Waals surface area contributed by atoms with Crippen molar-refractivity contribution < 1.29 is 22.9 Å². The Morgan fingerprint density at radius 1 is 1.29 bits per heavy atom. The summed E-state index contributed by atoms with van der Waals surface area (Å²) in [5.74, 6) is -1.22. The first-order valence-electron chi connectivity index (χ1n) is 5.96. The smallest absolute Gasteiger partial charge is 0.356 e. The molecular weight excluding hydrogens is 296 g/mol. The summed E-state index contributed by atoms with van der Waals surface area (Å²) in [7, 11) is -4.28. The predicted octanol–water partition coefficient (Wildman–Crippen LogP) is 0.920. The Kier molecular flexibility index (Phi) is 3.38. The van der Waals surface area contributed by atoms with Gasteiger partial charge < -0.3 is 10.8 Å². The molecule has 1 unspecified atom stereocenters. The Hall–Kier alpha value is -2.19. The molecule has 0 fully saturated rings. The van der Waals surface area contributed by atoms with E-state index in [0.717, 1.165) is 0 Å². The molecule has 112 valence electrons. The zero-order chi connectivity index (χ0) is 16.0. The molecule has 0 aromatic heterocycles. The summed E-state index contributed by atoms with van der Waals surface area (Å²) in [6, 6.07) is 5.39. The second kappa shape index (κ2) is 4.68. The van der Waals surface area contributed by atoms with Crippen LogP contribution in [0.15, 0.2) is 45.4 Å². The van der Waals surface area contributed by atoms with E-state index in [2.05, 4.69) is 4.99 Å². The first kappa shape index (κ1) is 15.2. The average Bonchev–Trinajstić information content (AvgIpc) is 2.64. The van der Waals surface area contributed by atoms with E-state index >= 15 is 0 Å². The van der Waals surface area contributed by atoms with E-state index in [4.69, 9.17) is 15.4 Å². The monoisotopic (exact) mass is 310 g/mol. The molecule has 0 spiro atoms. The number of benzene rings is 1. The van der Waals surface area contributed by atoms with Crippen molar-refractivity contribution in [3.8, 4) is 0 Å². The summed E-state index contributed by atoms with van der Waals surface area (Å²) in [5.41, 5.74) is 5.82. The van der Waals surface area contributed by atoms with Crippen LogP contribution < -0.4 is 5.73 Å². The number of nitrogens with two attached hydrogens (primary N) is 1. The highest BCUT2D eigenvalue weighted by molar-refractivity contribution is 7.85. The quantitative estimate of drug-likeness (QED) is 0.712. The lowest BCUT2D eigenvalue weighted by Crippen LogP contribution is -2.19. The highest BCUT2D eigenvalue weighted by Crippen LogP contribution is 2.39. The van der Waals surface area contributed by atoms with Gasteiger partial charge in [0.15, 0.2) is 5.71 Å². The summed E-state index contributed by atoms with van der Waals surface area (Å²) >= 11 is 0. The highest BCUT2D eigenvalue weighted by Gasteiger charge is 2.38. The number of aliphatic imine (C=N–C) groups is 1. The molecule has 1 aliphatic heterocycles. The van der Waals surface area contributed by atoms with Gasteiger partial charge in [0.05, 0.1) is 10.6 Å². The van der Waals surface area contributed by atoms with Gasteiger partial charge in [-0.25, -0.2) is 4.79 Å². The second-order valence-electron chi connectivity index (χ2n) is 4.88. The number of hydrogen-bond acceptors (Lipinski definition) is 5. The van der Waals surface area contributed by atoms with Crippen molar-refractivity contribution in [2.24, 2.45) is 10.7 Å². The van der Waals surface area contributed by atoms with E-state index in [0.29, 0.717) is 11.1 Å². The van der Waals surface area contributed by atoms with Gasteiger partial charge in [0.25, 0.3) is 10.1 Å². The molecule has 0 aliphatic carbocycles. The third-order valence-corrected chi connectivity index (χ3v) is 4.51. The Balaban J connectivity index is 2.54. The SMILES string of the molecule is CC1=C(N)C(C(=O)O)=NC1(C)c1ccc(S(=O)(=O)O)cc1. The molecule has 8 heteroatoms. The largest absolute Gasteiger partial charge is 0.476 e. The molecule has 4 N–H and O–H groups in total. The van der Waals surface area contributed by atoms with Crippen molar-refractivity contribution in [2.75, 3.05) is 0 Å². The molecule has 1 aliphatic rings. The molecule has 0 saturated heterocycles. The summed E-state index contributed by atoms with van der Waals surface area (Å²) in [5, 5.41) is 9.07. The number of carboxylic acid groups (broad SMARTS) is 1. The molecule has 1 aromatic carbocycles. The Morgan fingerprint density at radius 3 is 2.19 bits per heavy atom. The molecule has 1 heterocycles. The lowest BCUT2D eigenvalue weighted by atomic mass is 9.86. The Bertz CT molecular complexity index is 777. The van der Waals surface area contributed by atoms with E-state index in [1.165, 1.54) is 24.3 Å². The van der Waals surface area contributed by atoms with E-state index in [1.807, 2.05) is 0 Å². The predicted molar refractivity (Wildman–Crippen MR) is 75.6 cm³/mol. The molecule has 2 rings (SSSR count). The number of hydrogen-bond donors (Lipinski definition) is 3. The lowest BCUT2D eigenvalue weighted by Gasteiger charge is -2.23.